The van der Waals surface area contributed by atoms with Gasteiger partial charge in [0.15, 0.2) is 0 Å². The SMILES string of the molecule is CC1=CCC2CC1OC2(C)CI. The molecule has 2 aliphatic rings. The van der Waals surface area contributed by atoms with E-state index in [1.807, 2.05) is 0 Å². The van der Waals surface area contributed by atoms with Crippen LogP contribution in [0.25, 0.3) is 0 Å². The lowest BCUT2D eigenvalue weighted by Gasteiger charge is -2.26. The van der Waals surface area contributed by atoms with E-state index in [9.17, 15) is 0 Å². The standard InChI is InChI=1S/C10H15IO/c1-7-3-4-8-5-9(7)12-10(8,2)6-11/h3,8-9H,4-6H2,1-2H3. The molecule has 1 heterocycles. The first-order valence-electron chi connectivity index (χ1n) is 4.56. The van der Waals surface area contributed by atoms with Gasteiger partial charge in [0.05, 0.1) is 11.7 Å². The summed E-state index contributed by atoms with van der Waals surface area (Å²) in [6, 6.07) is 0. The van der Waals surface area contributed by atoms with Gasteiger partial charge in [-0.2, -0.15) is 0 Å². The smallest absolute Gasteiger partial charge is 0.0794 e. The van der Waals surface area contributed by atoms with E-state index in [2.05, 4.69) is 42.5 Å². The predicted molar refractivity (Wildman–Crippen MR) is 58.6 cm³/mol. The van der Waals surface area contributed by atoms with Crippen LogP contribution in [0.15, 0.2) is 11.6 Å². The maximum absolute atomic E-state index is 6.06. The van der Waals surface area contributed by atoms with Gasteiger partial charge < -0.3 is 4.74 Å². The summed E-state index contributed by atoms with van der Waals surface area (Å²) in [6.07, 6.45) is 5.27. The molecule has 2 rings (SSSR count). The number of fused-ring (bicyclic) bond motifs is 2. The fourth-order valence-corrected chi connectivity index (χ4v) is 3.00. The van der Waals surface area contributed by atoms with Crippen molar-refractivity contribution in [2.75, 3.05) is 4.43 Å². The molecule has 3 unspecified atom stereocenters. The van der Waals surface area contributed by atoms with Crippen LogP contribution in [0.5, 0.6) is 0 Å². The topological polar surface area (TPSA) is 9.23 Å². The summed E-state index contributed by atoms with van der Waals surface area (Å²) in [7, 11) is 0. The Morgan fingerprint density at radius 3 is 3.08 bits per heavy atom. The number of hydrogen-bond donors (Lipinski definition) is 0. The maximum atomic E-state index is 6.06. The molecule has 1 aliphatic heterocycles. The van der Waals surface area contributed by atoms with E-state index in [1.54, 1.807) is 0 Å². The van der Waals surface area contributed by atoms with Crippen molar-refractivity contribution >= 4 is 22.6 Å². The fourth-order valence-electron chi connectivity index (χ4n) is 2.20. The Hall–Kier alpha value is 0.430. The van der Waals surface area contributed by atoms with Gasteiger partial charge in [-0.25, -0.2) is 0 Å². The van der Waals surface area contributed by atoms with Gasteiger partial charge in [-0.15, -0.1) is 0 Å². The zero-order chi connectivity index (χ0) is 8.77. The molecule has 2 bridgehead atoms. The third-order valence-electron chi connectivity index (χ3n) is 3.27. The monoisotopic (exact) mass is 278 g/mol. The van der Waals surface area contributed by atoms with Gasteiger partial charge in [0.1, 0.15) is 0 Å². The van der Waals surface area contributed by atoms with Gasteiger partial charge >= 0.3 is 0 Å². The van der Waals surface area contributed by atoms with Crippen LogP contribution in [0.2, 0.25) is 0 Å². The Balaban J connectivity index is 2.21. The summed E-state index contributed by atoms with van der Waals surface area (Å²) in [5, 5.41) is 0. The first-order chi connectivity index (χ1) is 5.65. The van der Waals surface area contributed by atoms with Crippen LogP contribution in [-0.4, -0.2) is 16.1 Å². The van der Waals surface area contributed by atoms with Crippen molar-refractivity contribution in [2.45, 2.75) is 38.4 Å². The normalized spacial score (nSPS) is 46.1. The molecule has 1 nitrogen and oxygen atoms in total. The average molecular weight is 278 g/mol. The zero-order valence-electron chi connectivity index (χ0n) is 7.64. The van der Waals surface area contributed by atoms with Crippen molar-refractivity contribution < 1.29 is 4.74 Å². The summed E-state index contributed by atoms with van der Waals surface area (Å²) in [5.41, 5.74) is 1.60. The molecule has 0 saturated carbocycles. The van der Waals surface area contributed by atoms with Crippen LogP contribution in [0.3, 0.4) is 0 Å². The summed E-state index contributed by atoms with van der Waals surface area (Å²) in [4.78, 5) is 0. The highest BCUT2D eigenvalue weighted by molar-refractivity contribution is 14.1. The zero-order valence-corrected chi connectivity index (χ0v) is 9.80. The van der Waals surface area contributed by atoms with E-state index in [-0.39, 0.29) is 5.60 Å². The molecular weight excluding hydrogens is 263 g/mol. The number of allylic oxidation sites excluding steroid dienone is 1. The molecule has 3 atom stereocenters. The quantitative estimate of drug-likeness (QED) is 0.407. The average Bonchev–Trinajstić information content (AvgIpc) is 2.35. The lowest BCUT2D eigenvalue weighted by molar-refractivity contribution is -0.00752. The Morgan fingerprint density at radius 1 is 1.75 bits per heavy atom. The van der Waals surface area contributed by atoms with E-state index >= 15 is 0 Å². The van der Waals surface area contributed by atoms with Crippen molar-refractivity contribution in [3.05, 3.63) is 11.6 Å². The predicted octanol–water partition coefficient (Wildman–Crippen LogP) is 2.94. The van der Waals surface area contributed by atoms with Crippen LogP contribution in [0.4, 0.5) is 0 Å². The molecule has 0 aromatic heterocycles. The Morgan fingerprint density at radius 2 is 2.50 bits per heavy atom. The molecule has 1 aliphatic carbocycles. The maximum Gasteiger partial charge on any atom is 0.0794 e. The number of ether oxygens (including phenoxy) is 1. The van der Waals surface area contributed by atoms with Gasteiger partial charge in [-0.1, -0.05) is 28.7 Å². The third kappa shape index (κ3) is 1.23. The highest BCUT2D eigenvalue weighted by Gasteiger charge is 2.45. The Kier molecular flexibility index (Phi) is 2.24. The first-order valence-corrected chi connectivity index (χ1v) is 6.09. The van der Waals surface area contributed by atoms with Gasteiger partial charge in [-0.05, 0) is 38.2 Å². The second-order valence-electron chi connectivity index (χ2n) is 4.17. The lowest BCUT2D eigenvalue weighted by Crippen LogP contribution is -2.32. The summed E-state index contributed by atoms with van der Waals surface area (Å²) >= 11 is 2.44. The molecule has 2 heteroatoms. The summed E-state index contributed by atoms with van der Waals surface area (Å²) < 4.78 is 7.18. The van der Waals surface area contributed by atoms with Gasteiger partial charge in [0.25, 0.3) is 0 Å². The van der Waals surface area contributed by atoms with Gasteiger partial charge in [0, 0.05) is 4.43 Å². The van der Waals surface area contributed by atoms with Crippen LogP contribution in [-0.2, 0) is 4.74 Å². The number of hydrogen-bond acceptors (Lipinski definition) is 1. The van der Waals surface area contributed by atoms with E-state index < -0.39 is 0 Å². The molecule has 0 N–H and O–H groups in total. The minimum atomic E-state index is 0.152. The minimum absolute atomic E-state index is 0.152. The van der Waals surface area contributed by atoms with Crippen LogP contribution >= 0.6 is 22.6 Å². The number of alkyl halides is 1. The fraction of sp³-hybridized carbons (Fsp3) is 0.800. The second-order valence-corrected chi connectivity index (χ2v) is 4.93. The van der Waals surface area contributed by atoms with Crippen molar-refractivity contribution in [3.8, 4) is 0 Å². The second kappa shape index (κ2) is 2.98. The summed E-state index contributed by atoms with van der Waals surface area (Å²) in [6.45, 7) is 4.45. The van der Waals surface area contributed by atoms with Crippen molar-refractivity contribution in [3.63, 3.8) is 0 Å². The third-order valence-corrected chi connectivity index (χ3v) is 4.79. The molecule has 0 radical (unpaired) electrons. The molecule has 0 spiro atoms. The molecule has 1 fully saturated rings. The molecule has 0 aromatic carbocycles. The van der Waals surface area contributed by atoms with E-state index in [1.165, 1.54) is 18.4 Å². The van der Waals surface area contributed by atoms with E-state index in [0.717, 1.165) is 10.3 Å². The molecule has 1 saturated heterocycles. The van der Waals surface area contributed by atoms with Crippen molar-refractivity contribution in [2.24, 2.45) is 5.92 Å². The Bertz CT molecular complexity index is 224. The number of rotatable bonds is 1. The summed E-state index contributed by atoms with van der Waals surface area (Å²) in [5.74, 6) is 0.767. The van der Waals surface area contributed by atoms with E-state index in [4.69, 9.17) is 4.74 Å². The lowest BCUT2D eigenvalue weighted by atomic mass is 9.82. The molecular formula is C10H15IO. The van der Waals surface area contributed by atoms with Gasteiger partial charge in [-0.3, -0.25) is 0 Å². The highest BCUT2D eigenvalue weighted by Crippen LogP contribution is 2.45. The van der Waals surface area contributed by atoms with Crippen LogP contribution < -0.4 is 0 Å². The van der Waals surface area contributed by atoms with E-state index in [0.29, 0.717) is 6.10 Å². The van der Waals surface area contributed by atoms with Crippen molar-refractivity contribution in [1.82, 2.24) is 0 Å². The Labute approximate surface area is 87.7 Å². The molecule has 68 valence electrons. The molecule has 12 heavy (non-hydrogen) atoms. The first kappa shape index (κ1) is 9.00. The molecule has 0 aromatic rings. The molecule has 0 amide bonds. The van der Waals surface area contributed by atoms with Crippen LogP contribution in [0, 0.1) is 5.92 Å². The largest absolute Gasteiger partial charge is 0.367 e. The number of halogens is 1. The highest BCUT2D eigenvalue weighted by atomic mass is 127. The van der Waals surface area contributed by atoms with Gasteiger partial charge in [0.2, 0.25) is 0 Å². The van der Waals surface area contributed by atoms with Crippen LogP contribution in [0.1, 0.15) is 26.7 Å². The minimum Gasteiger partial charge on any atom is -0.367 e. The van der Waals surface area contributed by atoms with Crippen molar-refractivity contribution in [1.29, 1.82) is 0 Å².